The highest BCUT2D eigenvalue weighted by Crippen LogP contribution is 2.28. The normalized spacial score (nSPS) is 11.2. The number of hydrogen-bond donors (Lipinski definition) is 0. The monoisotopic (exact) mass is 330 g/mol. The summed E-state index contributed by atoms with van der Waals surface area (Å²) < 4.78 is 1.81. The molecule has 0 spiro atoms. The number of hydrogen-bond acceptors (Lipinski definition) is 4. The van der Waals surface area contributed by atoms with Gasteiger partial charge in [-0.15, -0.1) is 11.3 Å². The number of benzene rings is 1. The molecule has 0 aliphatic rings. The molecule has 0 fully saturated rings. The van der Waals surface area contributed by atoms with Crippen molar-refractivity contribution >= 4 is 33.3 Å². The molecular formula is C17H18N2OS2. The average Bonchev–Trinajstić information content (AvgIpc) is 2.79. The van der Waals surface area contributed by atoms with Gasteiger partial charge in [0.05, 0.1) is 11.9 Å². The number of aromatic nitrogens is 2. The first-order valence-corrected chi connectivity index (χ1v) is 9.09. The van der Waals surface area contributed by atoms with Crippen LogP contribution >= 0.6 is 23.1 Å². The number of rotatable bonds is 4. The first-order chi connectivity index (χ1) is 10.6. The predicted octanol–water partition coefficient (Wildman–Crippen LogP) is 4.24. The van der Waals surface area contributed by atoms with E-state index in [1.54, 1.807) is 23.1 Å². The van der Waals surface area contributed by atoms with Gasteiger partial charge in [-0.05, 0) is 30.7 Å². The lowest BCUT2D eigenvalue weighted by molar-refractivity contribution is 0.659. The van der Waals surface area contributed by atoms with Crippen LogP contribution in [-0.2, 0) is 6.54 Å². The number of nitrogens with zero attached hydrogens (tertiary/aromatic N) is 2. The van der Waals surface area contributed by atoms with Gasteiger partial charge < -0.3 is 0 Å². The zero-order valence-electron chi connectivity index (χ0n) is 12.9. The Hall–Kier alpha value is -1.59. The van der Waals surface area contributed by atoms with Crippen LogP contribution in [0.4, 0.5) is 0 Å². The van der Waals surface area contributed by atoms with Gasteiger partial charge in [0.2, 0.25) is 0 Å². The summed E-state index contributed by atoms with van der Waals surface area (Å²) in [5.74, 6) is 0.899. The van der Waals surface area contributed by atoms with Gasteiger partial charge in [-0.3, -0.25) is 9.36 Å². The molecule has 0 N–H and O–H groups in total. The SMILES string of the molecule is CCSc1nc2sc(C)c(C)c2c(=O)n1Cc1ccccc1. The summed E-state index contributed by atoms with van der Waals surface area (Å²) in [5.41, 5.74) is 2.26. The minimum atomic E-state index is 0.0756. The van der Waals surface area contributed by atoms with Crippen LogP contribution in [0, 0.1) is 13.8 Å². The number of thioether (sulfide) groups is 1. The van der Waals surface area contributed by atoms with E-state index in [1.165, 1.54) is 4.88 Å². The van der Waals surface area contributed by atoms with Crippen molar-refractivity contribution in [3.63, 3.8) is 0 Å². The number of fused-ring (bicyclic) bond motifs is 1. The lowest BCUT2D eigenvalue weighted by atomic mass is 10.2. The van der Waals surface area contributed by atoms with Gasteiger partial charge in [0.15, 0.2) is 5.16 Å². The second kappa shape index (κ2) is 6.26. The van der Waals surface area contributed by atoms with Crippen LogP contribution in [0.5, 0.6) is 0 Å². The molecule has 0 saturated carbocycles. The molecule has 2 heterocycles. The Morgan fingerprint density at radius 2 is 1.95 bits per heavy atom. The van der Waals surface area contributed by atoms with Crippen LogP contribution in [0.3, 0.4) is 0 Å². The maximum atomic E-state index is 13.0. The topological polar surface area (TPSA) is 34.9 Å². The van der Waals surface area contributed by atoms with Crippen LogP contribution in [0.25, 0.3) is 10.2 Å². The van der Waals surface area contributed by atoms with E-state index < -0.39 is 0 Å². The first-order valence-electron chi connectivity index (χ1n) is 7.29. The van der Waals surface area contributed by atoms with Crippen LogP contribution in [0.1, 0.15) is 22.9 Å². The Kier molecular flexibility index (Phi) is 4.36. The molecule has 1 aromatic carbocycles. The smallest absolute Gasteiger partial charge is 0.263 e. The van der Waals surface area contributed by atoms with Crippen molar-refractivity contribution in [1.29, 1.82) is 0 Å². The van der Waals surface area contributed by atoms with Crippen molar-refractivity contribution in [2.24, 2.45) is 0 Å². The molecule has 0 radical (unpaired) electrons. The van der Waals surface area contributed by atoms with E-state index in [9.17, 15) is 4.79 Å². The van der Waals surface area contributed by atoms with Gasteiger partial charge >= 0.3 is 0 Å². The van der Waals surface area contributed by atoms with Crippen molar-refractivity contribution in [3.05, 3.63) is 56.7 Å². The molecule has 3 nitrogen and oxygen atoms in total. The van der Waals surface area contributed by atoms with Gasteiger partial charge in [0.1, 0.15) is 4.83 Å². The summed E-state index contributed by atoms with van der Waals surface area (Å²) in [6.45, 7) is 6.71. The van der Waals surface area contributed by atoms with Gasteiger partial charge in [-0.25, -0.2) is 4.98 Å². The van der Waals surface area contributed by atoms with E-state index >= 15 is 0 Å². The predicted molar refractivity (Wildman–Crippen MR) is 95.3 cm³/mol. The van der Waals surface area contributed by atoms with Crippen LogP contribution in [0.2, 0.25) is 0 Å². The molecule has 3 rings (SSSR count). The Balaban J connectivity index is 2.21. The highest BCUT2D eigenvalue weighted by molar-refractivity contribution is 7.99. The summed E-state index contributed by atoms with van der Waals surface area (Å²) in [6.07, 6.45) is 0. The van der Waals surface area contributed by atoms with Crippen molar-refractivity contribution in [2.45, 2.75) is 32.5 Å². The van der Waals surface area contributed by atoms with Crippen molar-refractivity contribution in [3.8, 4) is 0 Å². The van der Waals surface area contributed by atoms with Gasteiger partial charge in [0, 0.05) is 4.88 Å². The molecule has 0 aliphatic heterocycles. The molecule has 114 valence electrons. The fourth-order valence-corrected chi connectivity index (χ4v) is 4.25. The Labute approximate surface area is 138 Å². The fraction of sp³-hybridized carbons (Fsp3) is 0.294. The second-order valence-electron chi connectivity index (χ2n) is 5.17. The quantitative estimate of drug-likeness (QED) is 0.530. The lowest BCUT2D eigenvalue weighted by Gasteiger charge is -2.11. The first kappa shape index (κ1) is 15.3. The summed E-state index contributed by atoms with van der Waals surface area (Å²) >= 11 is 3.23. The third-order valence-electron chi connectivity index (χ3n) is 3.71. The average molecular weight is 330 g/mol. The van der Waals surface area contributed by atoms with Gasteiger partial charge in [0.25, 0.3) is 5.56 Å². The zero-order chi connectivity index (χ0) is 15.7. The van der Waals surface area contributed by atoms with Gasteiger partial charge in [-0.2, -0.15) is 0 Å². The molecule has 22 heavy (non-hydrogen) atoms. The van der Waals surface area contributed by atoms with E-state index in [2.05, 4.69) is 13.8 Å². The summed E-state index contributed by atoms with van der Waals surface area (Å²) in [5, 5.41) is 1.59. The van der Waals surface area contributed by atoms with E-state index in [4.69, 9.17) is 4.98 Å². The van der Waals surface area contributed by atoms with Crippen LogP contribution < -0.4 is 5.56 Å². The van der Waals surface area contributed by atoms with Crippen molar-refractivity contribution in [2.75, 3.05) is 5.75 Å². The van der Waals surface area contributed by atoms with Crippen LogP contribution in [0.15, 0.2) is 40.3 Å². The third kappa shape index (κ3) is 2.71. The largest absolute Gasteiger partial charge is 0.283 e. The van der Waals surface area contributed by atoms with Crippen molar-refractivity contribution < 1.29 is 0 Å². The Morgan fingerprint density at radius 1 is 1.23 bits per heavy atom. The third-order valence-corrected chi connectivity index (χ3v) is 5.67. The van der Waals surface area contributed by atoms with Crippen molar-refractivity contribution in [1.82, 2.24) is 9.55 Å². The lowest BCUT2D eigenvalue weighted by Crippen LogP contribution is -2.23. The minimum Gasteiger partial charge on any atom is -0.283 e. The Bertz CT molecular complexity index is 866. The molecule has 0 aliphatic carbocycles. The van der Waals surface area contributed by atoms with E-state index in [0.29, 0.717) is 6.54 Å². The zero-order valence-corrected chi connectivity index (χ0v) is 14.6. The molecule has 0 saturated heterocycles. The maximum absolute atomic E-state index is 13.0. The van der Waals surface area contributed by atoms with E-state index in [1.807, 2.05) is 41.8 Å². The van der Waals surface area contributed by atoms with E-state index in [0.717, 1.165) is 32.3 Å². The molecule has 0 atom stereocenters. The molecule has 0 bridgehead atoms. The summed E-state index contributed by atoms with van der Waals surface area (Å²) in [6, 6.07) is 10.1. The minimum absolute atomic E-state index is 0.0756. The number of aryl methyl sites for hydroxylation is 2. The Morgan fingerprint density at radius 3 is 2.64 bits per heavy atom. The molecule has 0 unspecified atom stereocenters. The molecule has 3 aromatic rings. The fourth-order valence-electron chi connectivity index (χ4n) is 2.45. The molecule has 5 heteroatoms. The number of thiophene rings is 1. The second-order valence-corrected chi connectivity index (χ2v) is 7.60. The van der Waals surface area contributed by atoms with Crippen LogP contribution in [-0.4, -0.2) is 15.3 Å². The summed E-state index contributed by atoms with van der Waals surface area (Å²) in [4.78, 5) is 19.8. The highest BCUT2D eigenvalue weighted by atomic mass is 32.2. The highest BCUT2D eigenvalue weighted by Gasteiger charge is 2.16. The van der Waals surface area contributed by atoms with E-state index in [-0.39, 0.29) is 5.56 Å². The van der Waals surface area contributed by atoms with Gasteiger partial charge in [-0.1, -0.05) is 49.0 Å². The molecule has 2 aromatic heterocycles. The molecular weight excluding hydrogens is 312 g/mol. The molecule has 0 amide bonds. The maximum Gasteiger partial charge on any atom is 0.263 e. The summed E-state index contributed by atoms with van der Waals surface area (Å²) in [7, 11) is 0. The standard InChI is InChI=1S/C17H18N2OS2/c1-4-21-17-18-15-14(11(2)12(3)22-15)16(20)19(17)10-13-8-6-5-7-9-13/h5-9H,4,10H2,1-3H3.